The summed E-state index contributed by atoms with van der Waals surface area (Å²) in [6.07, 6.45) is 5.49. The number of ketones is 1. The predicted molar refractivity (Wildman–Crippen MR) is 69.8 cm³/mol. The summed E-state index contributed by atoms with van der Waals surface area (Å²) < 4.78 is 0. The number of Topliss-reactive ketones (excluding diaryl/α,β-unsaturated/α-hetero) is 1. The zero-order chi connectivity index (χ0) is 12.0. The van der Waals surface area contributed by atoms with Crippen molar-refractivity contribution in [2.24, 2.45) is 11.3 Å². The Balaban J connectivity index is 2.00. The van der Waals surface area contributed by atoms with E-state index in [0.29, 0.717) is 11.7 Å². The lowest BCUT2D eigenvalue weighted by Crippen LogP contribution is -2.34. The molecule has 0 radical (unpaired) electrons. The molecule has 1 saturated carbocycles. The largest absolute Gasteiger partial charge is 0.365 e. The molecule has 2 aliphatic rings. The van der Waals surface area contributed by atoms with Crippen molar-refractivity contribution in [1.29, 1.82) is 0 Å². The molecular formula is C13H18N2OS. The van der Waals surface area contributed by atoms with Crippen LogP contribution in [0.4, 0.5) is 5.13 Å². The number of nitrogens with zero attached hydrogens (tertiary/aromatic N) is 1. The standard InChI is InChI=1S/C13H18N2OS/c1-8-4-3-5-13(8)6-9-11(10(16)7-13)17-12(14-2)15-9/h8H,3-7H2,1-2H3,(H,14,15). The first-order chi connectivity index (χ1) is 8.14. The Hall–Kier alpha value is -0.900. The first-order valence-electron chi connectivity index (χ1n) is 6.35. The molecule has 2 aliphatic carbocycles. The third-order valence-electron chi connectivity index (χ3n) is 4.55. The van der Waals surface area contributed by atoms with Crippen molar-refractivity contribution < 1.29 is 4.79 Å². The second-order valence-corrected chi connectivity index (χ2v) is 6.48. The maximum atomic E-state index is 12.3. The van der Waals surface area contributed by atoms with Gasteiger partial charge in [0.1, 0.15) is 0 Å². The normalized spacial score (nSPS) is 31.9. The molecule has 4 heteroatoms. The van der Waals surface area contributed by atoms with Crippen LogP contribution in [0.25, 0.3) is 0 Å². The lowest BCUT2D eigenvalue weighted by atomic mass is 9.68. The third-order valence-corrected chi connectivity index (χ3v) is 5.71. The van der Waals surface area contributed by atoms with E-state index in [1.807, 2.05) is 7.05 Å². The van der Waals surface area contributed by atoms with Gasteiger partial charge in [0, 0.05) is 13.5 Å². The van der Waals surface area contributed by atoms with Gasteiger partial charge in [-0.15, -0.1) is 0 Å². The topological polar surface area (TPSA) is 42.0 Å². The number of anilines is 1. The van der Waals surface area contributed by atoms with Crippen molar-refractivity contribution in [3.05, 3.63) is 10.6 Å². The Morgan fingerprint density at radius 1 is 1.47 bits per heavy atom. The average Bonchev–Trinajstić information content (AvgIpc) is 2.85. The van der Waals surface area contributed by atoms with Crippen LogP contribution in [-0.4, -0.2) is 17.8 Å². The van der Waals surface area contributed by atoms with Gasteiger partial charge in [0.2, 0.25) is 0 Å². The molecule has 3 rings (SSSR count). The van der Waals surface area contributed by atoms with E-state index in [4.69, 9.17) is 0 Å². The van der Waals surface area contributed by atoms with Gasteiger partial charge in [-0.3, -0.25) is 4.79 Å². The van der Waals surface area contributed by atoms with Gasteiger partial charge >= 0.3 is 0 Å². The van der Waals surface area contributed by atoms with E-state index in [9.17, 15) is 4.79 Å². The number of carbonyl (C=O) groups excluding carboxylic acids is 1. The van der Waals surface area contributed by atoms with Crippen molar-refractivity contribution in [2.45, 2.75) is 39.0 Å². The molecule has 1 aromatic heterocycles. The highest BCUT2D eigenvalue weighted by Gasteiger charge is 2.46. The van der Waals surface area contributed by atoms with Crippen molar-refractivity contribution in [3.63, 3.8) is 0 Å². The molecule has 0 bridgehead atoms. The molecule has 1 fully saturated rings. The second kappa shape index (κ2) is 3.80. The number of aromatic nitrogens is 1. The summed E-state index contributed by atoms with van der Waals surface area (Å²) in [4.78, 5) is 17.7. The molecule has 1 heterocycles. The van der Waals surface area contributed by atoms with Crippen LogP contribution in [0.1, 0.15) is 48.0 Å². The van der Waals surface area contributed by atoms with E-state index in [1.165, 1.54) is 30.6 Å². The van der Waals surface area contributed by atoms with Crippen molar-refractivity contribution in [2.75, 3.05) is 12.4 Å². The Kier molecular flexibility index (Phi) is 2.51. The fourth-order valence-corrected chi connectivity index (χ4v) is 4.30. The van der Waals surface area contributed by atoms with E-state index < -0.39 is 0 Å². The average molecular weight is 250 g/mol. The Morgan fingerprint density at radius 3 is 2.94 bits per heavy atom. The number of nitrogens with one attached hydrogen (secondary N) is 1. The molecule has 3 nitrogen and oxygen atoms in total. The summed E-state index contributed by atoms with van der Waals surface area (Å²) in [5, 5.41) is 3.93. The van der Waals surface area contributed by atoms with Crippen LogP contribution in [0.5, 0.6) is 0 Å². The molecule has 2 atom stereocenters. The van der Waals surface area contributed by atoms with E-state index in [1.54, 1.807) is 0 Å². The molecule has 0 aromatic carbocycles. The summed E-state index contributed by atoms with van der Waals surface area (Å²) >= 11 is 1.52. The third kappa shape index (κ3) is 1.61. The van der Waals surface area contributed by atoms with Gasteiger partial charge in [0.05, 0.1) is 10.6 Å². The van der Waals surface area contributed by atoms with Gasteiger partial charge in [-0.25, -0.2) is 4.98 Å². The lowest BCUT2D eigenvalue weighted by Gasteiger charge is -2.35. The molecule has 17 heavy (non-hydrogen) atoms. The molecule has 0 aliphatic heterocycles. The summed E-state index contributed by atoms with van der Waals surface area (Å²) in [5.41, 5.74) is 1.27. The van der Waals surface area contributed by atoms with Crippen LogP contribution in [0.15, 0.2) is 0 Å². The van der Waals surface area contributed by atoms with Crippen LogP contribution in [0.3, 0.4) is 0 Å². The minimum Gasteiger partial charge on any atom is -0.365 e. The number of thiazole rings is 1. The summed E-state index contributed by atoms with van der Waals surface area (Å²) in [6, 6.07) is 0. The maximum absolute atomic E-state index is 12.3. The molecule has 1 aromatic rings. The molecular weight excluding hydrogens is 232 g/mol. The highest BCUT2D eigenvalue weighted by molar-refractivity contribution is 7.17. The lowest BCUT2D eigenvalue weighted by molar-refractivity contribution is 0.0840. The Morgan fingerprint density at radius 2 is 2.29 bits per heavy atom. The number of fused-ring (bicyclic) bond motifs is 1. The minimum atomic E-state index is 0.225. The highest BCUT2D eigenvalue weighted by atomic mass is 32.1. The number of rotatable bonds is 1. The van der Waals surface area contributed by atoms with Crippen LogP contribution in [-0.2, 0) is 6.42 Å². The van der Waals surface area contributed by atoms with E-state index in [0.717, 1.165) is 28.5 Å². The minimum absolute atomic E-state index is 0.225. The Bertz CT molecular complexity index is 468. The van der Waals surface area contributed by atoms with Gasteiger partial charge in [0.15, 0.2) is 10.9 Å². The second-order valence-electron chi connectivity index (χ2n) is 5.48. The van der Waals surface area contributed by atoms with E-state index >= 15 is 0 Å². The fraction of sp³-hybridized carbons (Fsp3) is 0.692. The highest BCUT2D eigenvalue weighted by Crippen LogP contribution is 2.52. The first-order valence-corrected chi connectivity index (χ1v) is 7.17. The van der Waals surface area contributed by atoms with Gasteiger partial charge in [-0.1, -0.05) is 31.1 Å². The SMILES string of the molecule is CNc1nc2c(s1)C(=O)CC1(CCCC1C)C2. The molecule has 92 valence electrons. The molecule has 0 saturated heterocycles. The van der Waals surface area contributed by atoms with Crippen LogP contribution < -0.4 is 5.32 Å². The van der Waals surface area contributed by atoms with E-state index in [-0.39, 0.29) is 5.41 Å². The van der Waals surface area contributed by atoms with E-state index in [2.05, 4.69) is 17.2 Å². The Labute approximate surface area is 106 Å². The van der Waals surface area contributed by atoms with Gasteiger partial charge < -0.3 is 5.32 Å². The summed E-state index contributed by atoms with van der Waals surface area (Å²) in [5.74, 6) is 0.985. The molecule has 2 unspecified atom stereocenters. The molecule has 1 N–H and O–H groups in total. The van der Waals surface area contributed by atoms with Gasteiger partial charge in [0.25, 0.3) is 0 Å². The first kappa shape index (κ1) is 11.2. The van der Waals surface area contributed by atoms with Crippen molar-refractivity contribution in [1.82, 2.24) is 4.98 Å². The quantitative estimate of drug-likeness (QED) is 0.832. The summed E-state index contributed by atoms with van der Waals surface area (Å²) in [7, 11) is 1.86. The monoisotopic (exact) mass is 250 g/mol. The number of hydrogen-bond donors (Lipinski definition) is 1. The fourth-order valence-electron chi connectivity index (χ4n) is 3.43. The zero-order valence-corrected chi connectivity index (χ0v) is 11.2. The number of hydrogen-bond acceptors (Lipinski definition) is 4. The van der Waals surface area contributed by atoms with Crippen molar-refractivity contribution in [3.8, 4) is 0 Å². The van der Waals surface area contributed by atoms with Gasteiger partial charge in [-0.05, 0) is 24.2 Å². The van der Waals surface area contributed by atoms with Crippen LogP contribution in [0, 0.1) is 11.3 Å². The smallest absolute Gasteiger partial charge is 0.183 e. The molecule has 1 spiro atoms. The van der Waals surface area contributed by atoms with Crippen LogP contribution >= 0.6 is 11.3 Å². The number of carbonyl (C=O) groups is 1. The van der Waals surface area contributed by atoms with Gasteiger partial charge in [-0.2, -0.15) is 0 Å². The van der Waals surface area contributed by atoms with Crippen LogP contribution in [0.2, 0.25) is 0 Å². The van der Waals surface area contributed by atoms with Crippen molar-refractivity contribution >= 4 is 22.3 Å². The summed E-state index contributed by atoms with van der Waals surface area (Å²) in [6.45, 7) is 2.30. The predicted octanol–water partition coefficient (Wildman–Crippen LogP) is 3.12. The maximum Gasteiger partial charge on any atom is 0.183 e. The zero-order valence-electron chi connectivity index (χ0n) is 10.4. The molecule has 0 amide bonds.